The molecule has 0 fully saturated rings. The summed E-state index contributed by atoms with van der Waals surface area (Å²) in [6, 6.07) is 43.5. The van der Waals surface area contributed by atoms with Crippen molar-refractivity contribution >= 4 is 52.6 Å². The van der Waals surface area contributed by atoms with Gasteiger partial charge >= 0.3 is 0 Å². The molecule has 0 radical (unpaired) electrons. The van der Waals surface area contributed by atoms with Crippen LogP contribution in [-0.2, 0) is 0 Å². The van der Waals surface area contributed by atoms with Crippen LogP contribution < -0.4 is 10.6 Å². The predicted octanol–water partition coefficient (Wildman–Crippen LogP) is 7.75. The lowest BCUT2D eigenvalue weighted by atomic mass is 9.91. The first-order valence-corrected chi connectivity index (χ1v) is 13.0. The number of phenols is 1. The van der Waals surface area contributed by atoms with Crippen molar-refractivity contribution in [1.29, 1.82) is 0 Å². The number of nitrogens with zero attached hydrogens (tertiary/aromatic N) is 1. The molecule has 1 unspecified atom stereocenters. The van der Waals surface area contributed by atoms with Crippen LogP contribution in [0.2, 0.25) is 0 Å². The van der Waals surface area contributed by atoms with Crippen LogP contribution in [-0.4, -0.2) is 11.3 Å². The predicted molar refractivity (Wildman–Crippen MR) is 156 cm³/mol. The molecule has 0 bridgehead atoms. The molecule has 0 saturated heterocycles. The molecule has 1 N–H and O–H groups in total. The van der Waals surface area contributed by atoms with Crippen molar-refractivity contribution in [3.63, 3.8) is 0 Å². The van der Waals surface area contributed by atoms with E-state index in [0.717, 1.165) is 38.4 Å². The molecule has 6 aromatic rings. The Bertz CT molecular complexity index is 1670. The molecule has 0 aliphatic heterocycles. The number of aliphatic imine (C=N–C) groups is 1. The summed E-state index contributed by atoms with van der Waals surface area (Å²) in [6.45, 7) is 0. The summed E-state index contributed by atoms with van der Waals surface area (Å²) < 4.78 is 0. The summed E-state index contributed by atoms with van der Waals surface area (Å²) in [6.07, 6.45) is 1.78. The van der Waals surface area contributed by atoms with Gasteiger partial charge in [-0.3, -0.25) is 4.99 Å². The lowest BCUT2D eigenvalue weighted by Crippen LogP contribution is -2.03. The van der Waals surface area contributed by atoms with E-state index < -0.39 is 0 Å². The average molecular weight is 482 g/mol. The molecule has 36 heavy (non-hydrogen) atoms. The SMILES string of the molecule is Oc1c(C=Nc2ccccc2Pc2ccccc2)cccc1-c1c2ccccc2cc2ccccc12. The van der Waals surface area contributed by atoms with Crippen molar-refractivity contribution in [2.45, 2.75) is 0 Å². The van der Waals surface area contributed by atoms with Gasteiger partial charge < -0.3 is 5.11 Å². The van der Waals surface area contributed by atoms with E-state index in [1.165, 1.54) is 10.6 Å². The smallest absolute Gasteiger partial charge is 0.132 e. The van der Waals surface area contributed by atoms with Crippen molar-refractivity contribution in [1.82, 2.24) is 0 Å². The minimum Gasteiger partial charge on any atom is -0.507 e. The first-order valence-electron chi connectivity index (χ1n) is 12.0. The molecule has 2 nitrogen and oxygen atoms in total. The molecule has 6 aromatic carbocycles. The second-order valence-corrected chi connectivity index (χ2v) is 10.1. The van der Waals surface area contributed by atoms with Crippen LogP contribution in [0.15, 0.2) is 132 Å². The van der Waals surface area contributed by atoms with E-state index in [-0.39, 0.29) is 5.75 Å². The zero-order chi connectivity index (χ0) is 24.3. The molecule has 0 aromatic heterocycles. The van der Waals surface area contributed by atoms with Gasteiger partial charge in [-0.25, -0.2) is 0 Å². The molecule has 0 spiro atoms. The summed E-state index contributed by atoms with van der Waals surface area (Å²) >= 11 is 0. The maximum Gasteiger partial charge on any atom is 0.132 e. The Morgan fingerprint density at radius 3 is 2.00 bits per heavy atom. The van der Waals surface area contributed by atoms with Crippen molar-refractivity contribution in [2.75, 3.05) is 0 Å². The number of rotatable bonds is 5. The van der Waals surface area contributed by atoms with E-state index in [4.69, 9.17) is 4.99 Å². The topological polar surface area (TPSA) is 32.6 Å². The summed E-state index contributed by atoms with van der Waals surface area (Å²) in [5, 5.41) is 18.4. The zero-order valence-corrected chi connectivity index (χ0v) is 20.6. The maximum absolute atomic E-state index is 11.5. The second kappa shape index (κ2) is 9.77. The molecule has 0 amide bonds. The van der Waals surface area contributed by atoms with Crippen LogP contribution in [0.4, 0.5) is 5.69 Å². The fourth-order valence-corrected chi connectivity index (χ4v) is 5.80. The normalized spacial score (nSPS) is 11.8. The summed E-state index contributed by atoms with van der Waals surface area (Å²) in [7, 11) is 0.517. The average Bonchev–Trinajstić information content (AvgIpc) is 2.93. The van der Waals surface area contributed by atoms with Gasteiger partial charge in [-0.1, -0.05) is 118 Å². The van der Waals surface area contributed by atoms with Gasteiger partial charge in [0.2, 0.25) is 0 Å². The summed E-state index contributed by atoms with van der Waals surface area (Å²) in [5.41, 5.74) is 3.47. The van der Waals surface area contributed by atoms with Crippen LogP contribution in [0.3, 0.4) is 0 Å². The summed E-state index contributed by atoms with van der Waals surface area (Å²) in [5.74, 6) is 0.241. The van der Waals surface area contributed by atoms with Crippen LogP contribution in [0.5, 0.6) is 5.75 Å². The number of hydrogen-bond acceptors (Lipinski definition) is 2. The minimum atomic E-state index is 0.241. The highest BCUT2D eigenvalue weighted by Crippen LogP contribution is 2.41. The number of hydrogen-bond donors (Lipinski definition) is 1. The van der Waals surface area contributed by atoms with Gasteiger partial charge in [-0.15, -0.1) is 0 Å². The Kier molecular flexibility index (Phi) is 6.03. The van der Waals surface area contributed by atoms with E-state index in [0.29, 0.717) is 14.1 Å². The van der Waals surface area contributed by atoms with Crippen LogP contribution in [0, 0.1) is 0 Å². The quantitative estimate of drug-likeness (QED) is 0.152. The first kappa shape index (κ1) is 22.2. The molecular weight excluding hydrogens is 457 g/mol. The van der Waals surface area contributed by atoms with Crippen molar-refractivity contribution in [3.8, 4) is 16.9 Å². The lowest BCUT2D eigenvalue weighted by Gasteiger charge is -2.14. The Balaban J connectivity index is 1.44. The van der Waals surface area contributed by atoms with Gasteiger partial charge in [0, 0.05) is 28.2 Å². The summed E-state index contributed by atoms with van der Waals surface area (Å²) in [4.78, 5) is 4.81. The molecule has 0 saturated carbocycles. The second-order valence-electron chi connectivity index (χ2n) is 8.70. The molecule has 0 aliphatic carbocycles. The molecule has 172 valence electrons. The standard InChI is InChI=1S/C33H24NOP/c35-33-25(22-34-30-19-8-9-20-31(30)36-26-14-2-1-3-15-26)13-10-18-29(33)32-27-16-6-4-11-23(27)21-24-12-5-7-17-28(24)32/h1-22,35-36H. The third kappa shape index (κ3) is 4.28. The number of phenolic OH excluding ortho intramolecular Hbond substituents is 1. The van der Waals surface area contributed by atoms with Gasteiger partial charge in [0.05, 0.1) is 5.69 Å². The lowest BCUT2D eigenvalue weighted by molar-refractivity contribution is 0.476. The maximum atomic E-state index is 11.5. The Morgan fingerprint density at radius 2 is 1.25 bits per heavy atom. The highest BCUT2D eigenvalue weighted by Gasteiger charge is 2.15. The monoisotopic (exact) mass is 481 g/mol. The highest BCUT2D eigenvalue weighted by molar-refractivity contribution is 7.55. The number of fused-ring (bicyclic) bond motifs is 2. The van der Waals surface area contributed by atoms with Gasteiger partial charge in [0.1, 0.15) is 5.75 Å². The fraction of sp³-hybridized carbons (Fsp3) is 0. The van der Waals surface area contributed by atoms with Crippen molar-refractivity contribution in [3.05, 3.63) is 133 Å². The van der Waals surface area contributed by atoms with E-state index in [2.05, 4.69) is 72.8 Å². The van der Waals surface area contributed by atoms with Gasteiger partial charge in [0.25, 0.3) is 0 Å². The number of benzene rings is 6. The van der Waals surface area contributed by atoms with E-state index in [1.807, 2.05) is 54.6 Å². The first-order chi connectivity index (χ1) is 17.8. The Hall–Kier alpha value is -4.26. The van der Waals surface area contributed by atoms with Crippen molar-refractivity contribution < 1.29 is 5.11 Å². The number of para-hydroxylation sites is 2. The van der Waals surface area contributed by atoms with E-state index in [1.54, 1.807) is 6.21 Å². The van der Waals surface area contributed by atoms with E-state index in [9.17, 15) is 5.11 Å². The van der Waals surface area contributed by atoms with Crippen LogP contribution in [0.1, 0.15) is 5.56 Å². The van der Waals surface area contributed by atoms with Crippen LogP contribution in [0.25, 0.3) is 32.7 Å². The van der Waals surface area contributed by atoms with Crippen LogP contribution >= 0.6 is 8.58 Å². The molecule has 0 aliphatic rings. The minimum absolute atomic E-state index is 0.241. The third-order valence-electron chi connectivity index (χ3n) is 6.41. The largest absolute Gasteiger partial charge is 0.507 e. The number of aromatic hydroxyl groups is 1. The molecule has 1 atom stereocenters. The van der Waals surface area contributed by atoms with Crippen molar-refractivity contribution in [2.24, 2.45) is 4.99 Å². The Morgan fingerprint density at radius 1 is 0.611 bits per heavy atom. The highest BCUT2D eigenvalue weighted by atomic mass is 31.1. The van der Waals surface area contributed by atoms with E-state index >= 15 is 0 Å². The molecular formula is C33H24NOP. The third-order valence-corrected chi connectivity index (χ3v) is 7.72. The van der Waals surface area contributed by atoms with Gasteiger partial charge in [-0.05, 0) is 45.0 Å². The molecule has 3 heteroatoms. The zero-order valence-electron chi connectivity index (χ0n) is 19.6. The van der Waals surface area contributed by atoms with Gasteiger partial charge in [-0.2, -0.15) is 0 Å². The molecule has 6 rings (SSSR count). The fourth-order valence-electron chi connectivity index (χ4n) is 4.68. The van der Waals surface area contributed by atoms with Gasteiger partial charge in [0.15, 0.2) is 0 Å². The Labute approximate surface area is 212 Å². The molecule has 0 heterocycles.